The molecule has 0 saturated heterocycles. The number of phenolic OH excluding ortho intramolecular Hbond substituents is 3. The van der Waals surface area contributed by atoms with Crippen LogP contribution in [0.15, 0.2) is 109 Å². The summed E-state index contributed by atoms with van der Waals surface area (Å²) in [7, 11) is 0. The summed E-state index contributed by atoms with van der Waals surface area (Å²) in [5.41, 5.74) is 8.96. The van der Waals surface area contributed by atoms with E-state index in [9.17, 15) is 15.3 Å². The van der Waals surface area contributed by atoms with E-state index in [4.69, 9.17) is 4.74 Å². The van der Waals surface area contributed by atoms with Crippen LogP contribution in [0.2, 0.25) is 0 Å². The Balaban J connectivity index is 1.18. The summed E-state index contributed by atoms with van der Waals surface area (Å²) >= 11 is 0. The van der Waals surface area contributed by atoms with E-state index >= 15 is 0 Å². The van der Waals surface area contributed by atoms with Crippen LogP contribution >= 0.6 is 0 Å². The number of aromatic hydroxyl groups is 3. The van der Waals surface area contributed by atoms with Crippen molar-refractivity contribution in [2.24, 2.45) is 0 Å². The molecule has 1 atom stereocenters. The molecule has 3 saturated carbocycles. The number of benzene rings is 5. The molecule has 3 aliphatic rings. The zero-order chi connectivity index (χ0) is 40.3. The Morgan fingerprint density at radius 2 is 1.03 bits per heavy atom. The minimum absolute atomic E-state index is 0.0807. The van der Waals surface area contributed by atoms with Gasteiger partial charge in [0, 0.05) is 10.8 Å². The second-order valence-electron chi connectivity index (χ2n) is 18.8. The lowest BCUT2D eigenvalue weighted by atomic mass is 9.64. The molecular weight excluding hydrogens is 713 g/mol. The fourth-order valence-corrected chi connectivity index (χ4v) is 10.9. The van der Waals surface area contributed by atoms with Crippen LogP contribution in [0.3, 0.4) is 0 Å². The lowest BCUT2D eigenvalue weighted by Crippen LogP contribution is -2.33. The highest BCUT2D eigenvalue weighted by atomic mass is 16.5. The monoisotopic (exact) mass is 776 g/mol. The number of hydrogen-bond donors (Lipinski definition) is 3. The first-order chi connectivity index (χ1) is 28.1. The molecule has 0 heterocycles. The van der Waals surface area contributed by atoms with Crippen molar-refractivity contribution in [2.75, 3.05) is 6.61 Å². The standard InChI is InChI=1S/C54H64O4/c1-52(2,40-20-26-46(55)27-21-40)42-18-13-19-43(34-42)53(3,41-22-28-47(56)29-23-41)37-58-51-31-25-45(36-49(51)39-16-9-5-10-17-39)54(32-11-6-12-33-54)44-24-30-50(57)48(35-44)38-14-7-4-8-15-38/h13,18-31,34-36,38-39,55-57H,4-12,14-17,32-33,37H2,1-3H3. The van der Waals surface area contributed by atoms with Gasteiger partial charge in [0.05, 0.1) is 5.41 Å². The Labute approximate surface area is 347 Å². The Kier molecular flexibility index (Phi) is 11.7. The molecule has 3 fully saturated rings. The number of phenols is 3. The van der Waals surface area contributed by atoms with E-state index in [1.165, 1.54) is 111 Å². The van der Waals surface area contributed by atoms with E-state index in [2.05, 4.69) is 75.4 Å². The molecule has 0 amide bonds. The maximum atomic E-state index is 11.2. The third-order valence-electron chi connectivity index (χ3n) is 14.8. The summed E-state index contributed by atoms with van der Waals surface area (Å²) in [6.07, 6.45) is 18.3. The van der Waals surface area contributed by atoms with Gasteiger partial charge in [-0.25, -0.2) is 0 Å². The summed E-state index contributed by atoms with van der Waals surface area (Å²) in [5, 5.41) is 31.5. The van der Waals surface area contributed by atoms with Crippen LogP contribution in [0.25, 0.3) is 0 Å². The van der Waals surface area contributed by atoms with Gasteiger partial charge in [0.25, 0.3) is 0 Å². The quantitative estimate of drug-likeness (QED) is 0.125. The minimum atomic E-state index is -0.524. The zero-order valence-electron chi connectivity index (χ0n) is 35.1. The lowest BCUT2D eigenvalue weighted by molar-refractivity contribution is 0.248. The van der Waals surface area contributed by atoms with Crippen LogP contribution in [0.4, 0.5) is 0 Å². The van der Waals surface area contributed by atoms with Gasteiger partial charge in [0.1, 0.15) is 29.6 Å². The lowest BCUT2D eigenvalue weighted by Gasteiger charge is -2.40. The highest BCUT2D eigenvalue weighted by molar-refractivity contribution is 5.52. The van der Waals surface area contributed by atoms with E-state index in [1.807, 2.05) is 30.3 Å². The molecule has 1 unspecified atom stereocenters. The van der Waals surface area contributed by atoms with Crippen molar-refractivity contribution >= 4 is 0 Å². The normalized spacial score (nSPS) is 19.0. The number of rotatable bonds is 11. The van der Waals surface area contributed by atoms with E-state index in [0.717, 1.165) is 35.3 Å². The minimum Gasteiger partial charge on any atom is -0.508 e. The van der Waals surface area contributed by atoms with Crippen LogP contribution in [-0.2, 0) is 16.2 Å². The molecule has 3 N–H and O–H groups in total. The largest absolute Gasteiger partial charge is 0.508 e. The Morgan fingerprint density at radius 3 is 1.66 bits per heavy atom. The van der Waals surface area contributed by atoms with Crippen LogP contribution < -0.4 is 4.74 Å². The van der Waals surface area contributed by atoms with Gasteiger partial charge < -0.3 is 20.1 Å². The highest BCUT2D eigenvalue weighted by Crippen LogP contribution is 2.50. The summed E-state index contributed by atoms with van der Waals surface area (Å²) in [5.74, 6) is 2.88. The Bertz CT molecular complexity index is 2150. The maximum Gasteiger partial charge on any atom is 0.122 e. The maximum absolute atomic E-state index is 11.2. The molecule has 5 aromatic rings. The summed E-state index contributed by atoms with van der Waals surface area (Å²) in [6, 6.07) is 37.9. The number of ether oxygens (including phenoxy) is 1. The molecule has 0 aromatic heterocycles. The molecular formula is C54H64O4. The van der Waals surface area contributed by atoms with Crippen LogP contribution in [0.1, 0.15) is 173 Å². The molecule has 0 radical (unpaired) electrons. The average molecular weight is 777 g/mol. The molecule has 5 aromatic carbocycles. The van der Waals surface area contributed by atoms with Gasteiger partial charge in [-0.15, -0.1) is 0 Å². The predicted molar refractivity (Wildman–Crippen MR) is 237 cm³/mol. The van der Waals surface area contributed by atoms with Crippen molar-refractivity contribution in [3.05, 3.63) is 154 Å². The topological polar surface area (TPSA) is 69.9 Å². The zero-order valence-corrected chi connectivity index (χ0v) is 35.1. The SMILES string of the molecule is CC(C)(c1ccc(O)cc1)c1cccc(C(C)(COc2ccc(C3(c4ccc(O)c(C5CCCCC5)c4)CCCCC3)cc2C2CCCCC2)c2ccc(O)cc2)c1. The fourth-order valence-electron chi connectivity index (χ4n) is 10.9. The van der Waals surface area contributed by atoms with Gasteiger partial charge in [-0.2, -0.15) is 0 Å². The molecule has 0 spiro atoms. The highest BCUT2D eigenvalue weighted by Gasteiger charge is 2.39. The summed E-state index contributed by atoms with van der Waals surface area (Å²) in [4.78, 5) is 0. The average Bonchev–Trinajstić information content (AvgIpc) is 3.27. The van der Waals surface area contributed by atoms with Crippen LogP contribution in [-0.4, -0.2) is 21.9 Å². The van der Waals surface area contributed by atoms with Gasteiger partial charge in [0.15, 0.2) is 0 Å². The van der Waals surface area contributed by atoms with Crippen molar-refractivity contribution in [1.82, 2.24) is 0 Å². The smallest absolute Gasteiger partial charge is 0.122 e. The Hall–Kier alpha value is -4.70. The van der Waals surface area contributed by atoms with E-state index in [1.54, 1.807) is 24.3 Å². The first-order valence-electron chi connectivity index (χ1n) is 22.4. The van der Waals surface area contributed by atoms with Gasteiger partial charge in [-0.3, -0.25) is 0 Å². The van der Waals surface area contributed by atoms with Gasteiger partial charge in [-0.1, -0.05) is 144 Å². The third kappa shape index (κ3) is 8.01. The molecule has 4 nitrogen and oxygen atoms in total. The van der Waals surface area contributed by atoms with Gasteiger partial charge in [-0.05, 0) is 138 Å². The third-order valence-corrected chi connectivity index (χ3v) is 14.8. The van der Waals surface area contributed by atoms with Crippen molar-refractivity contribution < 1.29 is 20.1 Å². The first kappa shape index (κ1) is 40.1. The molecule has 4 heteroatoms. The Morgan fingerprint density at radius 1 is 0.517 bits per heavy atom. The van der Waals surface area contributed by atoms with Crippen molar-refractivity contribution in [3.63, 3.8) is 0 Å². The molecule has 3 aliphatic carbocycles. The molecule has 58 heavy (non-hydrogen) atoms. The predicted octanol–water partition coefficient (Wildman–Crippen LogP) is 13.9. The fraction of sp³-hybridized carbons (Fsp3) is 0.444. The van der Waals surface area contributed by atoms with Crippen molar-refractivity contribution in [1.29, 1.82) is 0 Å². The first-order valence-corrected chi connectivity index (χ1v) is 22.4. The van der Waals surface area contributed by atoms with Crippen LogP contribution in [0, 0.1) is 0 Å². The van der Waals surface area contributed by atoms with Crippen LogP contribution in [0.5, 0.6) is 23.0 Å². The molecule has 8 rings (SSSR count). The summed E-state index contributed by atoms with van der Waals surface area (Å²) in [6.45, 7) is 7.18. The second kappa shape index (κ2) is 16.9. The van der Waals surface area contributed by atoms with Crippen molar-refractivity contribution in [2.45, 2.75) is 145 Å². The van der Waals surface area contributed by atoms with Crippen molar-refractivity contribution in [3.8, 4) is 23.0 Å². The second-order valence-corrected chi connectivity index (χ2v) is 18.8. The van der Waals surface area contributed by atoms with E-state index in [0.29, 0.717) is 24.2 Å². The number of hydrogen-bond acceptors (Lipinski definition) is 4. The molecule has 0 bridgehead atoms. The molecule has 304 valence electrons. The van der Waals surface area contributed by atoms with E-state index in [-0.39, 0.29) is 22.3 Å². The van der Waals surface area contributed by atoms with Gasteiger partial charge in [0.2, 0.25) is 0 Å². The molecule has 0 aliphatic heterocycles. The van der Waals surface area contributed by atoms with E-state index < -0.39 is 5.41 Å². The summed E-state index contributed by atoms with van der Waals surface area (Å²) < 4.78 is 7.19. The van der Waals surface area contributed by atoms with Gasteiger partial charge >= 0.3 is 0 Å².